The summed E-state index contributed by atoms with van der Waals surface area (Å²) in [5.74, 6) is 0.967. The Labute approximate surface area is 92.4 Å². The second-order valence-electron chi connectivity index (χ2n) is 2.84. The number of Topliss-reactive ketones (excluding diaryl/α,β-unsaturated/α-hetero) is 1. The third-order valence-electron chi connectivity index (χ3n) is 1.84. The molecule has 0 heterocycles. The standard InChI is InChI=1S/C11H13BrO2/c1-2-11(13)9-3-5-10(6-4-9)14-8-7-12/h3-6H,2,7-8H2,1H3. The number of halogens is 1. The van der Waals surface area contributed by atoms with Crippen molar-refractivity contribution in [2.24, 2.45) is 0 Å². The highest BCUT2D eigenvalue weighted by Crippen LogP contribution is 2.13. The molecule has 0 saturated heterocycles. The monoisotopic (exact) mass is 256 g/mol. The molecule has 0 fully saturated rings. The predicted octanol–water partition coefficient (Wildman–Crippen LogP) is 3.05. The molecule has 0 aliphatic carbocycles. The van der Waals surface area contributed by atoms with E-state index in [1.54, 1.807) is 12.1 Å². The SMILES string of the molecule is CCC(=O)c1ccc(OCCBr)cc1. The Morgan fingerprint density at radius 3 is 2.50 bits per heavy atom. The first-order valence-electron chi connectivity index (χ1n) is 4.60. The van der Waals surface area contributed by atoms with E-state index in [-0.39, 0.29) is 5.78 Å². The van der Waals surface area contributed by atoms with Gasteiger partial charge in [-0.05, 0) is 24.3 Å². The van der Waals surface area contributed by atoms with Crippen molar-refractivity contribution < 1.29 is 9.53 Å². The normalized spacial score (nSPS) is 9.86. The van der Waals surface area contributed by atoms with Crippen LogP contribution in [0, 0.1) is 0 Å². The fourth-order valence-corrected chi connectivity index (χ4v) is 1.26. The van der Waals surface area contributed by atoms with Crippen LogP contribution < -0.4 is 4.74 Å². The molecule has 1 aromatic carbocycles. The molecule has 3 heteroatoms. The lowest BCUT2D eigenvalue weighted by molar-refractivity contribution is 0.0988. The molecule has 0 unspecified atom stereocenters. The largest absolute Gasteiger partial charge is 0.493 e. The van der Waals surface area contributed by atoms with E-state index in [0.29, 0.717) is 13.0 Å². The Balaban J connectivity index is 2.63. The molecule has 0 N–H and O–H groups in total. The second-order valence-corrected chi connectivity index (χ2v) is 3.63. The summed E-state index contributed by atoms with van der Waals surface area (Å²) in [6, 6.07) is 7.25. The van der Waals surface area contributed by atoms with E-state index in [4.69, 9.17) is 4.74 Å². The van der Waals surface area contributed by atoms with E-state index in [2.05, 4.69) is 15.9 Å². The van der Waals surface area contributed by atoms with Crippen LogP contribution in [0.5, 0.6) is 5.75 Å². The van der Waals surface area contributed by atoms with Gasteiger partial charge in [-0.3, -0.25) is 4.79 Å². The minimum absolute atomic E-state index is 0.164. The molecule has 0 spiro atoms. The summed E-state index contributed by atoms with van der Waals surface area (Å²) >= 11 is 3.28. The van der Waals surface area contributed by atoms with Crippen LogP contribution in [0.25, 0.3) is 0 Å². The van der Waals surface area contributed by atoms with Crippen LogP contribution in [0.1, 0.15) is 23.7 Å². The number of rotatable bonds is 5. The van der Waals surface area contributed by atoms with E-state index in [0.717, 1.165) is 16.6 Å². The molecule has 0 amide bonds. The maximum absolute atomic E-state index is 11.3. The van der Waals surface area contributed by atoms with Gasteiger partial charge in [0, 0.05) is 17.3 Å². The fraction of sp³-hybridized carbons (Fsp3) is 0.364. The van der Waals surface area contributed by atoms with Gasteiger partial charge in [0.15, 0.2) is 5.78 Å². The molecule has 1 aromatic rings. The Hall–Kier alpha value is -0.830. The van der Waals surface area contributed by atoms with Crippen molar-refractivity contribution in [2.45, 2.75) is 13.3 Å². The van der Waals surface area contributed by atoms with Crippen molar-refractivity contribution >= 4 is 21.7 Å². The van der Waals surface area contributed by atoms with Crippen LogP contribution in [0.15, 0.2) is 24.3 Å². The van der Waals surface area contributed by atoms with Gasteiger partial charge in [-0.2, -0.15) is 0 Å². The Morgan fingerprint density at radius 2 is 2.00 bits per heavy atom. The zero-order valence-corrected chi connectivity index (χ0v) is 9.71. The van der Waals surface area contributed by atoms with Crippen LogP contribution in [0.4, 0.5) is 0 Å². The van der Waals surface area contributed by atoms with E-state index < -0.39 is 0 Å². The number of ketones is 1. The number of hydrogen-bond donors (Lipinski definition) is 0. The van der Waals surface area contributed by atoms with Crippen molar-refractivity contribution in [3.8, 4) is 5.75 Å². The lowest BCUT2D eigenvalue weighted by Crippen LogP contribution is -1.99. The van der Waals surface area contributed by atoms with Crippen molar-refractivity contribution in [1.29, 1.82) is 0 Å². The first kappa shape index (κ1) is 11.2. The van der Waals surface area contributed by atoms with E-state index in [9.17, 15) is 4.79 Å². The molecular weight excluding hydrogens is 244 g/mol. The van der Waals surface area contributed by atoms with Crippen molar-refractivity contribution in [3.05, 3.63) is 29.8 Å². The van der Waals surface area contributed by atoms with Gasteiger partial charge in [0.1, 0.15) is 5.75 Å². The minimum atomic E-state index is 0.164. The number of carbonyl (C=O) groups is 1. The Kier molecular flexibility index (Phi) is 4.66. The van der Waals surface area contributed by atoms with Gasteiger partial charge in [0.05, 0.1) is 6.61 Å². The van der Waals surface area contributed by atoms with Crippen molar-refractivity contribution in [1.82, 2.24) is 0 Å². The third kappa shape index (κ3) is 3.14. The van der Waals surface area contributed by atoms with Crippen LogP contribution in [0.2, 0.25) is 0 Å². The molecule has 1 rings (SSSR count). The van der Waals surface area contributed by atoms with Crippen LogP contribution in [-0.4, -0.2) is 17.7 Å². The molecule has 2 nitrogen and oxygen atoms in total. The molecule has 0 aromatic heterocycles. The van der Waals surface area contributed by atoms with Gasteiger partial charge in [-0.25, -0.2) is 0 Å². The summed E-state index contributed by atoms with van der Waals surface area (Å²) in [5, 5.41) is 0.808. The average Bonchev–Trinajstić information content (AvgIpc) is 2.26. The first-order valence-corrected chi connectivity index (χ1v) is 5.72. The van der Waals surface area contributed by atoms with Gasteiger partial charge in [-0.15, -0.1) is 0 Å². The highest BCUT2D eigenvalue weighted by atomic mass is 79.9. The smallest absolute Gasteiger partial charge is 0.162 e. The Bertz CT molecular complexity index is 293. The Morgan fingerprint density at radius 1 is 1.36 bits per heavy atom. The van der Waals surface area contributed by atoms with Gasteiger partial charge < -0.3 is 4.74 Å². The van der Waals surface area contributed by atoms with Crippen molar-refractivity contribution in [3.63, 3.8) is 0 Å². The number of alkyl halides is 1. The molecule has 0 aliphatic rings. The summed E-state index contributed by atoms with van der Waals surface area (Å²) in [5.41, 5.74) is 0.749. The third-order valence-corrected chi connectivity index (χ3v) is 2.17. The molecule has 0 atom stereocenters. The highest BCUT2D eigenvalue weighted by molar-refractivity contribution is 9.09. The molecular formula is C11H13BrO2. The summed E-state index contributed by atoms with van der Waals surface area (Å²) in [7, 11) is 0. The minimum Gasteiger partial charge on any atom is -0.493 e. The van der Waals surface area contributed by atoms with Crippen molar-refractivity contribution in [2.75, 3.05) is 11.9 Å². The quantitative estimate of drug-likeness (QED) is 0.598. The van der Waals surface area contributed by atoms with E-state index in [1.807, 2.05) is 19.1 Å². The first-order chi connectivity index (χ1) is 6.77. The second kappa shape index (κ2) is 5.81. The molecule has 14 heavy (non-hydrogen) atoms. The van der Waals surface area contributed by atoms with Gasteiger partial charge >= 0.3 is 0 Å². The summed E-state index contributed by atoms with van der Waals surface area (Å²) < 4.78 is 5.37. The lowest BCUT2D eigenvalue weighted by atomic mass is 10.1. The maximum Gasteiger partial charge on any atom is 0.162 e. The number of ether oxygens (including phenoxy) is 1. The zero-order chi connectivity index (χ0) is 10.4. The molecule has 0 bridgehead atoms. The highest BCUT2D eigenvalue weighted by Gasteiger charge is 2.02. The van der Waals surface area contributed by atoms with Gasteiger partial charge in [0.25, 0.3) is 0 Å². The molecule has 0 radical (unpaired) electrons. The van der Waals surface area contributed by atoms with Gasteiger partial charge in [0.2, 0.25) is 0 Å². The van der Waals surface area contributed by atoms with E-state index >= 15 is 0 Å². The number of carbonyl (C=O) groups excluding carboxylic acids is 1. The molecule has 76 valence electrons. The maximum atomic E-state index is 11.3. The predicted molar refractivity (Wildman–Crippen MR) is 60.4 cm³/mol. The number of hydrogen-bond acceptors (Lipinski definition) is 2. The van der Waals surface area contributed by atoms with Gasteiger partial charge in [-0.1, -0.05) is 22.9 Å². The lowest BCUT2D eigenvalue weighted by Gasteiger charge is -2.04. The average molecular weight is 257 g/mol. The van der Waals surface area contributed by atoms with Crippen LogP contribution >= 0.6 is 15.9 Å². The summed E-state index contributed by atoms with van der Waals surface area (Å²) in [6.45, 7) is 2.50. The topological polar surface area (TPSA) is 26.3 Å². The summed E-state index contributed by atoms with van der Waals surface area (Å²) in [6.07, 6.45) is 0.543. The van der Waals surface area contributed by atoms with E-state index in [1.165, 1.54) is 0 Å². The number of benzene rings is 1. The fourth-order valence-electron chi connectivity index (χ4n) is 1.10. The molecule has 0 aliphatic heterocycles. The van der Waals surface area contributed by atoms with Crippen LogP contribution in [-0.2, 0) is 0 Å². The zero-order valence-electron chi connectivity index (χ0n) is 8.13. The molecule has 0 saturated carbocycles. The summed E-state index contributed by atoms with van der Waals surface area (Å²) in [4.78, 5) is 11.3. The van der Waals surface area contributed by atoms with Crippen LogP contribution in [0.3, 0.4) is 0 Å².